The molecule has 2 fully saturated rings. The number of likely N-dealkylation sites (tertiary alicyclic amines) is 1. The van der Waals surface area contributed by atoms with Gasteiger partial charge in [-0.05, 0) is 64.7 Å². The van der Waals surface area contributed by atoms with E-state index in [1.807, 2.05) is 30.3 Å². The smallest absolute Gasteiger partial charge is 0.408 e. The lowest BCUT2D eigenvalue weighted by Crippen LogP contribution is -2.60. The first-order chi connectivity index (χ1) is 26.1. The minimum Gasteiger partial charge on any atom is -0.497 e. The first kappa shape index (κ1) is 41.9. The Morgan fingerprint density at radius 2 is 1.70 bits per heavy atom. The zero-order chi connectivity index (χ0) is 41.4. The number of ether oxygens (including phenoxy) is 3. The van der Waals surface area contributed by atoms with Crippen LogP contribution < -0.4 is 24.8 Å². The van der Waals surface area contributed by atoms with Crippen LogP contribution in [0, 0.1) is 11.3 Å². The predicted octanol–water partition coefficient (Wildman–Crippen LogP) is 4.51. The molecule has 16 heteroatoms. The number of methoxy groups -OCH3 is 1. The van der Waals surface area contributed by atoms with Gasteiger partial charge in [-0.3, -0.25) is 19.1 Å². The quantitative estimate of drug-likeness (QED) is 0.219. The molecule has 0 bridgehead atoms. The number of nitrogens with one attached hydrogen (secondary N) is 3. The van der Waals surface area contributed by atoms with Crippen LogP contribution in [0.1, 0.15) is 68.2 Å². The highest BCUT2D eigenvalue weighted by atomic mass is 32.2. The molecule has 2 aliphatic rings. The topological polar surface area (TPSA) is 195 Å². The lowest BCUT2D eigenvalue weighted by molar-refractivity contribution is -0.143. The molecule has 3 N–H and O–H groups in total. The Hall–Kier alpha value is -5.25. The number of carbonyl (C=O) groups excluding carboxylic acids is 4. The number of rotatable bonds is 12. The minimum atomic E-state index is -4.04. The van der Waals surface area contributed by atoms with Crippen molar-refractivity contribution >= 4 is 44.7 Å². The number of sulfonamides is 1. The number of amides is 4. The molecule has 5 unspecified atom stereocenters. The van der Waals surface area contributed by atoms with Crippen molar-refractivity contribution in [2.45, 2.75) is 103 Å². The van der Waals surface area contributed by atoms with Gasteiger partial charge in [-0.25, -0.2) is 18.2 Å². The fourth-order valence-electron chi connectivity index (χ4n) is 6.46. The van der Waals surface area contributed by atoms with Gasteiger partial charge in [-0.15, -0.1) is 6.58 Å². The fourth-order valence-corrected chi connectivity index (χ4v) is 7.14. The Kier molecular flexibility index (Phi) is 11.8. The van der Waals surface area contributed by atoms with Crippen LogP contribution in [0.5, 0.6) is 11.6 Å². The lowest BCUT2D eigenvalue weighted by atomic mass is 9.85. The fraction of sp³-hybridized carbons (Fsp3) is 0.500. The summed E-state index contributed by atoms with van der Waals surface area (Å²) in [4.78, 5) is 66.5. The van der Waals surface area contributed by atoms with Crippen molar-refractivity contribution in [1.29, 1.82) is 0 Å². The number of benzene rings is 2. The zero-order valence-corrected chi connectivity index (χ0v) is 34.2. The summed E-state index contributed by atoms with van der Waals surface area (Å²) in [5, 5.41) is 5.10. The second kappa shape index (κ2) is 15.7. The predicted molar refractivity (Wildman–Crippen MR) is 210 cm³/mol. The summed E-state index contributed by atoms with van der Waals surface area (Å²) in [6.45, 7) is 16.9. The third kappa shape index (κ3) is 9.23. The maximum absolute atomic E-state index is 14.6. The van der Waals surface area contributed by atoms with Crippen LogP contribution in [0.15, 0.2) is 61.2 Å². The van der Waals surface area contributed by atoms with Gasteiger partial charge in [-0.1, -0.05) is 57.2 Å². The lowest BCUT2D eigenvalue weighted by Gasteiger charge is -2.36. The molecule has 0 spiro atoms. The van der Waals surface area contributed by atoms with E-state index in [1.165, 1.54) is 31.9 Å². The largest absolute Gasteiger partial charge is 0.497 e. The van der Waals surface area contributed by atoms with E-state index in [0.29, 0.717) is 22.5 Å². The second-order valence-electron chi connectivity index (χ2n) is 16.6. The number of alkyl carbamates (subject to hydrolysis) is 1. The summed E-state index contributed by atoms with van der Waals surface area (Å²) in [5.74, 6) is -1.66. The van der Waals surface area contributed by atoms with Gasteiger partial charge >= 0.3 is 6.09 Å². The van der Waals surface area contributed by atoms with E-state index in [1.54, 1.807) is 59.7 Å². The van der Waals surface area contributed by atoms with Crippen molar-refractivity contribution in [3.05, 3.63) is 61.2 Å². The average Bonchev–Trinajstić information content (AvgIpc) is 3.67. The Labute approximate surface area is 328 Å². The van der Waals surface area contributed by atoms with Crippen molar-refractivity contribution in [3.63, 3.8) is 0 Å². The summed E-state index contributed by atoms with van der Waals surface area (Å²) in [6, 6.07) is 12.2. The molecule has 2 aromatic carbocycles. The minimum absolute atomic E-state index is 0.0439. The van der Waals surface area contributed by atoms with Crippen LogP contribution in [0.3, 0.4) is 0 Å². The van der Waals surface area contributed by atoms with E-state index in [-0.39, 0.29) is 25.3 Å². The molecular formula is C40H52N6O9S. The Morgan fingerprint density at radius 3 is 2.27 bits per heavy atom. The number of hydrogen-bond acceptors (Lipinski definition) is 11. The van der Waals surface area contributed by atoms with Crippen molar-refractivity contribution in [1.82, 2.24) is 30.2 Å². The highest BCUT2D eigenvalue weighted by Gasteiger charge is 2.61. The molecule has 1 saturated heterocycles. The number of carbonyl (C=O) groups is 4. The van der Waals surface area contributed by atoms with E-state index in [0.717, 1.165) is 5.56 Å². The number of hydrogen-bond donors (Lipinski definition) is 3. The molecule has 3 aromatic rings. The van der Waals surface area contributed by atoms with Gasteiger partial charge in [0, 0.05) is 17.9 Å². The van der Waals surface area contributed by atoms with E-state index >= 15 is 0 Å². The van der Waals surface area contributed by atoms with E-state index in [9.17, 15) is 27.6 Å². The Balaban J connectivity index is 1.53. The average molecular weight is 793 g/mol. The van der Waals surface area contributed by atoms with Crippen LogP contribution in [0.4, 0.5) is 4.79 Å². The van der Waals surface area contributed by atoms with Crippen molar-refractivity contribution in [3.8, 4) is 23.0 Å². The highest BCUT2D eigenvalue weighted by molar-refractivity contribution is 7.90. The van der Waals surface area contributed by atoms with Gasteiger partial charge in [-0.2, -0.15) is 4.98 Å². The summed E-state index contributed by atoms with van der Waals surface area (Å²) in [7, 11) is -2.51. The SMILES string of the molecule is C=CC1CC1(NC(=O)C1CC(Oc2nc(-c3ccccc3)nc3ccc(OC)cc23)CN1C(=O)C(NC(=O)OC(C)(C)C)C(C)(C)C)C(=O)NS(=O)(=O)C(C)C. The molecule has 302 valence electrons. The van der Waals surface area contributed by atoms with Crippen LogP contribution in [-0.2, 0) is 29.1 Å². The molecule has 0 radical (unpaired) electrons. The zero-order valence-electron chi connectivity index (χ0n) is 33.3. The van der Waals surface area contributed by atoms with Gasteiger partial charge in [0.2, 0.25) is 27.7 Å². The summed E-state index contributed by atoms with van der Waals surface area (Å²) >= 11 is 0. The molecule has 1 saturated carbocycles. The molecule has 1 aromatic heterocycles. The first-order valence-corrected chi connectivity index (χ1v) is 20.0. The van der Waals surface area contributed by atoms with Gasteiger partial charge in [0.15, 0.2) is 5.82 Å². The van der Waals surface area contributed by atoms with Crippen LogP contribution in [0.25, 0.3) is 22.3 Å². The van der Waals surface area contributed by atoms with Crippen molar-refractivity contribution < 1.29 is 41.8 Å². The molecule has 4 amide bonds. The van der Waals surface area contributed by atoms with Crippen LogP contribution >= 0.6 is 0 Å². The Morgan fingerprint density at radius 1 is 1.02 bits per heavy atom. The third-order valence-corrected chi connectivity index (χ3v) is 11.4. The maximum atomic E-state index is 14.6. The highest BCUT2D eigenvalue weighted by Crippen LogP contribution is 2.45. The molecule has 56 heavy (non-hydrogen) atoms. The monoisotopic (exact) mass is 792 g/mol. The van der Waals surface area contributed by atoms with Gasteiger partial charge in [0.05, 0.1) is 29.8 Å². The maximum Gasteiger partial charge on any atom is 0.408 e. The molecule has 2 heterocycles. The second-order valence-corrected chi connectivity index (χ2v) is 18.8. The van der Waals surface area contributed by atoms with Crippen molar-refractivity contribution in [2.75, 3.05) is 13.7 Å². The van der Waals surface area contributed by atoms with E-state index in [2.05, 4.69) is 21.9 Å². The third-order valence-electron chi connectivity index (χ3n) is 9.71. The van der Waals surface area contributed by atoms with Crippen molar-refractivity contribution in [2.24, 2.45) is 11.3 Å². The van der Waals surface area contributed by atoms with Crippen LogP contribution in [-0.4, -0.2) is 95.3 Å². The normalized spacial score (nSPS) is 21.5. The summed E-state index contributed by atoms with van der Waals surface area (Å²) in [5.41, 5.74) is -2.01. The standard InChI is InChI=1S/C40H52N6O9S/c1-11-25-21-40(25,36(49)45-56(51,52)23(2)3)44-33(47)30-20-27(22-46(30)35(48)31(38(4,5)6)42-37(50)55-39(7,8)9)54-34-28-19-26(53-10)17-18-29(28)41-32(43-34)24-15-13-12-14-16-24/h11-19,23,25,27,30-31H,1,20-22H2,2-10H3,(H,42,50)(H,44,47)(H,45,49). The number of fused-ring (bicyclic) bond motifs is 1. The van der Waals surface area contributed by atoms with Gasteiger partial charge < -0.3 is 29.7 Å². The van der Waals surface area contributed by atoms with E-state index in [4.69, 9.17) is 24.2 Å². The first-order valence-electron chi connectivity index (χ1n) is 18.5. The summed E-state index contributed by atoms with van der Waals surface area (Å²) < 4.78 is 45.0. The number of aromatic nitrogens is 2. The van der Waals surface area contributed by atoms with Gasteiger partial charge in [0.1, 0.15) is 35.1 Å². The van der Waals surface area contributed by atoms with E-state index < -0.39 is 79.7 Å². The van der Waals surface area contributed by atoms with Crippen LogP contribution in [0.2, 0.25) is 0 Å². The summed E-state index contributed by atoms with van der Waals surface area (Å²) in [6.07, 6.45) is -0.0976. The molecule has 1 aliphatic heterocycles. The number of nitrogens with zero attached hydrogens (tertiary/aromatic N) is 3. The molecular weight excluding hydrogens is 741 g/mol. The molecule has 1 aliphatic carbocycles. The molecule has 5 atom stereocenters. The Bertz CT molecular complexity index is 2110. The molecule has 15 nitrogen and oxygen atoms in total. The van der Waals surface area contributed by atoms with Gasteiger partial charge in [0.25, 0.3) is 5.91 Å². The molecule has 5 rings (SSSR count).